The predicted octanol–water partition coefficient (Wildman–Crippen LogP) is 5.95. The molecule has 0 spiro atoms. The first-order chi connectivity index (χ1) is 14.1. The molecule has 2 aromatic carbocycles. The fraction of sp³-hybridized carbons (Fsp3) is 0.346. The van der Waals surface area contributed by atoms with E-state index in [1.807, 2.05) is 52.1 Å². The lowest BCUT2D eigenvalue weighted by Gasteiger charge is -2.31. The fourth-order valence-corrected chi connectivity index (χ4v) is 3.85. The van der Waals surface area contributed by atoms with E-state index in [-0.39, 0.29) is 11.1 Å². The van der Waals surface area contributed by atoms with Gasteiger partial charge in [-0.05, 0) is 65.7 Å². The van der Waals surface area contributed by atoms with Crippen molar-refractivity contribution in [2.75, 3.05) is 0 Å². The average Bonchev–Trinajstić information content (AvgIpc) is 2.69. The number of fused-ring (bicyclic) bond motifs is 2. The molecule has 0 atom stereocenters. The van der Waals surface area contributed by atoms with Crippen LogP contribution >= 0.6 is 0 Å². The van der Waals surface area contributed by atoms with Gasteiger partial charge in [-0.15, -0.1) is 0 Å². The highest BCUT2D eigenvalue weighted by atomic mass is 16.6. The topological polar surface area (TPSA) is 46.8 Å². The second-order valence-corrected chi connectivity index (χ2v) is 9.58. The van der Waals surface area contributed by atoms with Gasteiger partial charge in [-0.2, -0.15) is 0 Å². The first-order valence-corrected chi connectivity index (χ1v) is 10.4. The zero-order chi connectivity index (χ0) is 21.5. The number of oxime groups is 1. The van der Waals surface area contributed by atoms with Crippen molar-refractivity contribution >= 4 is 22.3 Å². The van der Waals surface area contributed by atoms with Crippen LogP contribution in [0.25, 0.3) is 10.9 Å². The zero-order valence-corrected chi connectivity index (χ0v) is 18.7. The molecular weight excluding hydrogens is 370 g/mol. The van der Waals surface area contributed by atoms with Gasteiger partial charge in [0, 0.05) is 28.3 Å². The molecule has 30 heavy (non-hydrogen) atoms. The molecular formula is C26H29N3O. The van der Waals surface area contributed by atoms with Crippen molar-refractivity contribution in [2.24, 2.45) is 10.1 Å². The van der Waals surface area contributed by atoms with E-state index in [0.717, 1.165) is 45.4 Å². The summed E-state index contributed by atoms with van der Waals surface area (Å²) in [6, 6.07) is 16.7. The monoisotopic (exact) mass is 399 g/mol. The normalized spacial score (nSPS) is 16.2. The third-order valence-electron chi connectivity index (χ3n) is 5.17. The largest absolute Gasteiger partial charge is 0.390 e. The Morgan fingerprint density at radius 1 is 1.07 bits per heavy atom. The van der Waals surface area contributed by atoms with Crippen molar-refractivity contribution in [3.8, 4) is 0 Å². The van der Waals surface area contributed by atoms with Crippen LogP contribution in [-0.4, -0.2) is 27.5 Å². The van der Waals surface area contributed by atoms with Crippen LogP contribution in [0.5, 0.6) is 0 Å². The summed E-state index contributed by atoms with van der Waals surface area (Å²) in [6.07, 6.45) is 2.79. The van der Waals surface area contributed by atoms with Crippen molar-refractivity contribution < 1.29 is 4.84 Å². The first-order valence-electron chi connectivity index (χ1n) is 10.4. The van der Waals surface area contributed by atoms with Crippen LogP contribution in [0.1, 0.15) is 63.8 Å². The van der Waals surface area contributed by atoms with Crippen molar-refractivity contribution in [3.63, 3.8) is 0 Å². The molecule has 4 rings (SSSR count). The van der Waals surface area contributed by atoms with Crippen LogP contribution in [0.3, 0.4) is 0 Å². The molecule has 1 aliphatic heterocycles. The molecule has 1 aliphatic rings. The van der Waals surface area contributed by atoms with Gasteiger partial charge in [-0.1, -0.05) is 41.6 Å². The van der Waals surface area contributed by atoms with Crippen molar-refractivity contribution in [3.05, 3.63) is 77.0 Å². The van der Waals surface area contributed by atoms with E-state index < -0.39 is 0 Å². The van der Waals surface area contributed by atoms with Gasteiger partial charge in [0.15, 0.2) is 0 Å². The highest BCUT2D eigenvalue weighted by Gasteiger charge is 2.30. The van der Waals surface area contributed by atoms with Crippen molar-refractivity contribution in [1.29, 1.82) is 0 Å². The molecule has 0 fully saturated rings. The second kappa shape index (κ2) is 7.35. The number of hydrogen-bond acceptors (Lipinski definition) is 4. The maximum atomic E-state index is 5.70. The molecule has 4 heteroatoms. The van der Waals surface area contributed by atoms with E-state index >= 15 is 0 Å². The Morgan fingerprint density at radius 2 is 1.83 bits per heavy atom. The van der Waals surface area contributed by atoms with E-state index in [2.05, 4.69) is 54.3 Å². The molecule has 2 heterocycles. The Hall–Kier alpha value is -3.01. The summed E-state index contributed by atoms with van der Waals surface area (Å²) in [4.78, 5) is 15.5. The van der Waals surface area contributed by atoms with Gasteiger partial charge >= 0.3 is 0 Å². The van der Waals surface area contributed by atoms with Crippen LogP contribution in [0.4, 0.5) is 0 Å². The molecule has 0 unspecified atom stereocenters. The molecule has 4 nitrogen and oxygen atoms in total. The minimum atomic E-state index is -0.321. The number of nitrogens with zero attached hydrogens (tertiary/aromatic N) is 3. The summed E-state index contributed by atoms with van der Waals surface area (Å²) >= 11 is 0. The summed E-state index contributed by atoms with van der Waals surface area (Å²) in [5.41, 5.74) is 6.91. The van der Waals surface area contributed by atoms with E-state index in [9.17, 15) is 0 Å². The van der Waals surface area contributed by atoms with E-state index in [4.69, 9.17) is 9.83 Å². The van der Waals surface area contributed by atoms with Crippen LogP contribution < -0.4 is 0 Å². The zero-order valence-electron chi connectivity index (χ0n) is 18.7. The Morgan fingerprint density at radius 3 is 2.60 bits per heavy atom. The lowest BCUT2D eigenvalue weighted by atomic mass is 9.82. The fourth-order valence-electron chi connectivity index (χ4n) is 3.85. The lowest BCUT2D eigenvalue weighted by molar-refractivity contribution is 0.000943. The van der Waals surface area contributed by atoms with Crippen LogP contribution in [0.2, 0.25) is 0 Å². The van der Waals surface area contributed by atoms with Crippen molar-refractivity contribution in [2.45, 2.75) is 59.1 Å². The molecule has 154 valence electrons. The minimum absolute atomic E-state index is 0.213. The van der Waals surface area contributed by atoms with Gasteiger partial charge in [0.2, 0.25) is 0 Å². The number of aromatic nitrogens is 1. The SMILES string of the molecule is CC(=NOC(C)(C)C)c1cccc2c1CC(C)(C)N=C2c1cnc2ccccc2c1. The quantitative estimate of drug-likeness (QED) is 0.404. The average molecular weight is 400 g/mol. The molecule has 3 aromatic rings. The summed E-state index contributed by atoms with van der Waals surface area (Å²) in [7, 11) is 0. The lowest BCUT2D eigenvalue weighted by Crippen LogP contribution is -2.31. The smallest absolute Gasteiger partial charge is 0.129 e. The summed E-state index contributed by atoms with van der Waals surface area (Å²) in [5.74, 6) is 0. The van der Waals surface area contributed by atoms with Crippen molar-refractivity contribution in [1.82, 2.24) is 4.98 Å². The highest BCUT2D eigenvalue weighted by Crippen LogP contribution is 2.32. The highest BCUT2D eigenvalue weighted by molar-refractivity contribution is 6.17. The molecule has 0 radical (unpaired) electrons. The van der Waals surface area contributed by atoms with E-state index in [1.165, 1.54) is 5.56 Å². The van der Waals surface area contributed by atoms with Gasteiger partial charge in [-0.25, -0.2) is 0 Å². The summed E-state index contributed by atoms with van der Waals surface area (Å²) in [5, 5.41) is 5.55. The Bertz CT molecular complexity index is 1170. The van der Waals surface area contributed by atoms with Crippen LogP contribution in [0.15, 0.2) is 64.9 Å². The third-order valence-corrected chi connectivity index (χ3v) is 5.17. The maximum Gasteiger partial charge on any atom is 0.129 e. The Kier molecular flexibility index (Phi) is 4.97. The second-order valence-electron chi connectivity index (χ2n) is 9.58. The summed E-state index contributed by atoms with van der Waals surface area (Å²) in [6.45, 7) is 12.4. The number of rotatable bonds is 3. The standard InChI is InChI=1S/C26H29N3O/c1-17(29-30-25(2,3)4)20-11-9-12-21-22(20)15-26(5,6)28-24(21)19-14-18-10-7-8-13-23(18)27-16-19/h7-14,16H,15H2,1-6H3. The van der Waals surface area contributed by atoms with Gasteiger partial charge in [-0.3, -0.25) is 9.98 Å². The number of aliphatic imine (C=N–C) groups is 1. The van der Waals surface area contributed by atoms with E-state index in [1.54, 1.807) is 0 Å². The number of pyridine rings is 1. The molecule has 0 bridgehead atoms. The molecule has 0 saturated carbocycles. The van der Waals surface area contributed by atoms with Gasteiger partial charge in [0.05, 0.1) is 22.5 Å². The number of benzene rings is 2. The third kappa shape index (κ3) is 4.13. The first kappa shape index (κ1) is 20.3. The molecule has 0 aliphatic carbocycles. The number of hydrogen-bond donors (Lipinski definition) is 0. The van der Waals surface area contributed by atoms with E-state index in [0.29, 0.717) is 0 Å². The molecule has 0 amide bonds. The summed E-state index contributed by atoms with van der Waals surface area (Å²) < 4.78 is 0. The van der Waals surface area contributed by atoms with Crippen LogP contribution in [0, 0.1) is 0 Å². The van der Waals surface area contributed by atoms with Gasteiger partial charge in [0.25, 0.3) is 0 Å². The number of para-hydroxylation sites is 1. The van der Waals surface area contributed by atoms with Gasteiger partial charge in [0.1, 0.15) is 5.60 Å². The minimum Gasteiger partial charge on any atom is -0.390 e. The molecule has 0 N–H and O–H groups in total. The Labute approximate surface area is 178 Å². The Balaban J connectivity index is 1.84. The molecule has 1 aromatic heterocycles. The van der Waals surface area contributed by atoms with Gasteiger partial charge < -0.3 is 4.84 Å². The molecule has 0 saturated heterocycles. The predicted molar refractivity (Wildman–Crippen MR) is 125 cm³/mol. The van der Waals surface area contributed by atoms with Crippen LogP contribution in [-0.2, 0) is 11.3 Å². The maximum absolute atomic E-state index is 5.70.